The second-order valence-electron chi connectivity index (χ2n) is 7.70. The molecule has 1 saturated carbocycles. The summed E-state index contributed by atoms with van der Waals surface area (Å²) >= 11 is 0. The van der Waals surface area contributed by atoms with Crippen LogP contribution in [0.5, 0.6) is 0 Å². The van der Waals surface area contributed by atoms with Crippen LogP contribution in [-0.2, 0) is 9.59 Å². The van der Waals surface area contributed by atoms with E-state index in [-0.39, 0.29) is 24.2 Å². The van der Waals surface area contributed by atoms with Gasteiger partial charge in [-0.2, -0.15) is 0 Å². The van der Waals surface area contributed by atoms with Crippen molar-refractivity contribution in [1.82, 2.24) is 15.5 Å². The molecule has 1 spiro atoms. The van der Waals surface area contributed by atoms with Crippen LogP contribution in [0.4, 0.5) is 0 Å². The quantitative estimate of drug-likeness (QED) is 0.694. The van der Waals surface area contributed by atoms with Crippen LogP contribution in [0.25, 0.3) is 0 Å². The van der Waals surface area contributed by atoms with Crippen LogP contribution in [0.2, 0.25) is 0 Å². The van der Waals surface area contributed by atoms with E-state index in [1.54, 1.807) is 0 Å². The molecule has 2 saturated heterocycles. The predicted octanol–water partition coefficient (Wildman–Crippen LogP) is 1.35. The fourth-order valence-electron chi connectivity index (χ4n) is 4.61. The molecule has 0 radical (unpaired) electrons. The van der Waals surface area contributed by atoms with E-state index in [2.05, 4.69) is 17.6 Å². The van der Waals surface area contributed by atoms with Gasteiger partial charge in [0, 0.05) is 6.54 Å². The minimum atomic E-state index is -1.08. The Kier molecular flexibility index (Phi) is 6.74. The van der Waals surface area contributed by atoms with E-state index in [0.717, 1.165) is 45.2 Å². The Morgan fingerprint density at radius 3 is 2.36 bits per heavy atom. The first-order chi connectivity index (χ1) is 11.5. The maximum atomic E-state index is 13.3. The normalized spacial score (nSPS) is 28.4. The van der Waals surface area contributed by atoms with Crippen LogP contribution < -0.4 is 10.6 Å². The number of piperazine rings is 1. The molecule has 3 aliphatic rings. The first kappa shape index (κ1) is 20.5. The summed E-state index contributed by atoms with van der Waals surface area (Å²) < 4.78 is 0. The second-order valence-corrected chi connectivity index (χ2v) is 7.70. The molecule has 0 unspecified atom stereocenters. The third kappa shape index (κ3) is 3.67. The molecule has 0 aromatic heterocycles. The number of hydrogen-bond donors (Lipinski definition) is 3. The number of unbranched alkanes of at least 4 members (excludes halogenated alkanes) is 1. The van der Waals surface area contributed by atoms with Crippen LogP contribution in [0.1, 0.15) is 64.7 Å². The number of nitrogens with one attached hydrogen (secondary N) is 2. The van der Waals surface area contributed by atoms with Crippen molar-refractivity contribution in [1.29, 1.82) is 0 Å². The van der Waals surface area contributed by atoms with Gasteiger partial charge in [0.15, 0.2) is 0 Å². The van der Waals surface area contributed by atoms with Gasteiger partial charge in [0.1, 0.15) is 11.6 Å². The van der Waals surface area contributed by atoms with E-state index in [4.69, 9.17) is 0 Å². The Morgan fingerprint density at radius 2 is 1.76 bits per heavy atom. The number of hydrogen-bond acceptors (Lipinski definition) is 4. The lowest BCUT2D eigenvalue weighted by Crippen LogP contribution is -2.76. The molecule has 3 rings (SSSR count). The zero-order valence-electron chi connectivity index (χ0n) is 15.2. The number of carbonyl (C=O) groups excluding carboxylic acids is 2. The third-order valence-electron chi connectivity index (χ3n) is 6.15. The molecule has 2 aliphatic heterocycles. The Morgan fingerprint density at radius 1 is 1.12 bits per heavy atom. The van der Waals surface area contributed by atoms with Gasteiger partial charge >= 0.3 is 0 Å². The minimum absolute atomic E-state index is 0. The van der Waals surface area contributed by atoms with Gasteiger partial charge in [-0.15, -0.1) is 12.4 Å². The minimum Gasteiger partial charge on any atom is -0.387 e. The Labute approximate surface area is 156 Å². The molecule has 2 amide bonds. The first-order valence-corrected chi connectivity index (χ1v) is 9.59. The summed E-state index contributed by atoms with van der Waals surface area (Å²) in [5, 5.41) is 17.3. The van der Waals surface area contributed by atoms with Crippen molar-refractivity contribution in [2.24, 2.45) is 0 Å². The highest BCUT2D eigenvalue weighted by molar-refractivity contribution is 6.00. The fraction of sp³-hybridized carbons (Fsp3) is 0.889. The van der Waals surface area contributed by atoms with Gasteiger partial charge in [-0.05, 0) is 45.2 Å². The molecule has 0 aromatic rings. The number of nitrogens with zero attached hydrogens (tertiary/aromatic N) is 1. The van der Waals surface area contributed by atoms with Gasteiger partial charge in [0.25, 0.3) is 0 Å². The molecular weight excluding hydrogens is 342 g/mol. The van der Waals surface area contributed by atoms with E-state index in [0.29, 0.717) is 32.2 Å². The lowest BCUT2D eigenvalue weighted by atomic mass is 9.75. The van der Waals surface area contributed by atoms with Crippen molar-refractivity contribution >= 4 is 24.2 Å². The zero-order valence-corrected chi connectivity index (χ0v) is 16.0. The molecular formula is C18H32ClN3O3. The monoisotopic (exact) mass is 373 g/mol. The summed E-state index contributed by atoms with van der Waals surface area (Å²) in [7, 11) is 0. The van der Waals surface area contributed by atoms with Crippen LogP contribution in [0.15, 0.2) is 0 Å². The van der Waals surface area contributed by atoms with Gasteiger partial charge in [0.2, 0.25) is 11.8 Å². The van der Waals surface area contributed by atoms with E-state index < -0.39 is 17.2 Å². The maximum Gasteiger partial charge on any atom is 0.249 e. The molecule has 1 aliphatic carbocycles. The van der Waals surface area contributed by atoms with E-state index >= 15 is 0 Å². The van der Waals surface area contributed by atoms with Gasteiger partial charge in [-0.3, -0.25) is 9.59 Å². The van der Waals surface area contributed by atoms with Crippen LogP contribution in [-0.4, -0.2) is 58.6 Å². The van der Waals surface area contributed by atoms with Crippen molar-refractivity contribution in [3.63, 3.8) is 0 Å². The number of rotatable bonds is 4. The van der Waals surface area contributed by atoms with Crippen molar-refractivity contribution < 1.29 is 14.7 Å². The number of carbonyl (C=O) groups is 2. The van der Waals surface area contributed by atoms with Gasteiger partial charge in [-0.1, -0.05) is 32.6 Å². The predicted molar refractivity (Wildman–Crippen MR) is 98.7 cm³/mol. The van der Waals surface area contributed by atoms with Gasteiger partial charge in [-0.25, -0.2) is 0 Å². The van der Waals surface area contributed by atoms with Crippen LogP contribution in [0, 0.1) is 0 Å². The molecule has 6 nitrogen and oxygen atoms in total. The van der Waals surface area contributed by atoms with Crippen molar-refractivity contribution in [3.05, 3.63) is 0 Å². The molecule has 0 aromatic carbocycles. The molecule has 7 heteroatoms. The molecule has 1 atom stereocenters. The lowest BCUT2D eigenvalue weighted by Gasteiger charge is -2.53. The van der Waals surface area contributed by atoms with Crippen molar-refractivity contribution in [2.75, 3.05) is 19.6 Å². The number of aliphatic hydroxyl groups is 1. The summed E-state index contributed by atoms with van der Waals surface area (Å²) in [4.78, 5) is 28.1. The highest BCUT2D eigenvalue weighted by Gasteiger charge is 2.57. The highest BCUT2D eigenvalue weighted by Crippen LogP contribution is 2.37. The van der Waals surface area contributed by atoms with Gasteiger partial charge in [0.05, 0.1) is 5.60 Å². The van der Waals surface area contributed by atoms with Crippen LogP contribution >= 0.6 is 12.4 Å². The first-order valence-electron chi connectivity index (χ1n) is 9.59. The van der Waals surface area contributed by atoms with Crippen molar-refractivity contribution in [3.8, 4) is 0 Å². The standard InChI is InChI=1S/C18H31N3O3.ClH/c1-2-3-13-21-15(22)14(18(24)7-5-4-6-8-18)20-16(23)17(21)9-11-19-12-10-17;/h14,19,24H,2-13H2,1H3,(H,20,23);1H/t14-;/m0./s1. The molecule has 25 heavy (non-hydrogen) atoms. The number of amides is 2. The summed E-state index contributed by atoms with van der Waals surface area (Å²) in [5.41, 5.74) is -1.80. The van der Waals surface area contributed by atoms with E-state index in [1.807, 2.05) is 4.90 Å². The highest BCUT2D eigenvalue weighted by atomic mass is 35.5. The van der Waals surface area contributed by atoms with Gasteiger partial charge < -0.3 is 20.6 Å². The topological polar surface area (TPSA) is 81.7 Å². The Hall–Kier alpha value is -0.850. The Balaban J connectivity index is 0.00000225. The summed E-state index contributed by atoms with van der Waals surface area (Å²) in [6.07, 6.45) is 7.29. The smallest absolute Gasteiger partial charge is 0.249 e. The average Bonchev–Trinajstić information content (AvgIpc) is 2.60. The molecule has 0 bridgehead atoms. The summed E-state index contributed by atoms with van der Waals surface area (Å²) in [6.45, 7) is 4.20. The maximum absolute atomic E-state index is 13.3. The molecule has 3 fully saturated rings. The summed E-state index contributed by atoms with van der Waals surface area (Å²) in [6, 6.07) is -0.775. The van der Waals surface area contributed by atoms with Crippen LogP contribution in [0.3, 0.4) is 0 Å². The second kappa shape index (κ2) is 8.23. The third-order valence-corrected chi connectivity index (χ3v) is 6.15. The zero-order chi connectivity index (χ0) is 17.2. The lowest BCUT2D eigenvalue weighted by molar-refractivity contribution is -0.169. The SMILES string of the molecule is CCCCN1C(=O)[C@@H](C2(O)CCCCC2)NC(=O)C12CCNCC2.Cl. The fourth-order valence-corrected chi connectivity index (χ4v) is 4.61. The van der Waals surface area contributed by atoms with E-state index in [1.165, 1.54) is 0 Å². The largest absolute Gasteiger partial charge is 0.387 e. The molecule has 3 N–H and O–H groups in total. The number of halogens is 1. The van der Waals surface area contributed by atoms with E-state index in [9.17, 15) is 14.7 Å². The average molecular weight is 374 g/mol. The Bertz CT molecular complexity index is 488. The molecule has 2 heterocycles. The molecule has 144 valence electrons. The van der Waals surface area contributed by atoms with Crippen molar-refractivity contribution in [2.45, 2.75) is 81.9 Å². The summed E-state index contributed by atoms with van der Waals surface area (Å²) in [5.74, 6) is -0.141. The number of piperidine rings is 1.